The molecule has 6 nitrogen and oxygen atoms in total. The molecule has 134 valence electrons. The molecule has 2 atom stereocenters. The van der Waals surface area contributed by atoms with Gasteiger partial charge in [0.1, 0.15) is 11.5 Å². The van der Waals surface area contributed by atoms with Crippen LogP contribution in [0.15, 0.2) is 18.5 Å². The molecule has 3 fully saturated rings. The number of carbonyl (C=O) groups excluding carboxylic acids is 1. The van der Waals surface area contributed by atoms with Gasteiger partial charge >= 0.3 is 5.97 Å². The molecule has 0 aromatic carbocycles. The van der Waals surface area contributed by atoms with Crippen molar-refractivity contribution in [2.75, 3.05) is 0 Å². The zero-order chi connectivity index (χ0) is 18.3. The summed E-state index contributed by atoms with van der Waals surface area (Å²) in [5, 5.41) is 12.8. The number of hydrogen-bond donors (Lipinski definition) is 3. The molecule has 2 aromatic heterocycles. The van der Waals surface area contributed by atoms with E-state index in [0.717, 1.165) is 31.9 Å². The summed E-state index contributed by atoms with van der Waals surface area (Å²) >= 11 is 0. The molecule has 26 heavy (non-hydrogen) atoms. The number of H-pyrrole nitrogens is 1. The molecular formula is C19H18FN3O3. The fourth-order valence-corrected chi connectivity index (χ4v) is 4.41. The average molecular weight is 355 g/mol. The van der Waals surface area contributed by atoms with Gasteiger partial charge in [-0.3, -0.25) is 9.59 Å². The molecule has 0 aliphatic heterocycles. The number of rotatable bonds is 2. The van der Waals surface area contributed by atoms with Crippen LogP contribution in [0.5, 0.6) is 0 Å². The van der Waals surface area contributed by atoms with E-state index in [1.807, 2.05) is 0 Å². The zero-order valence-electron chi connectivity index (χ0n) is 14.0. The maximum atomic E-state index is 13.3. The Labute approximate surface area is 149 Å². The smallest absolute Gasteiger partial charge is 0.308 e. The van der Waals surface area contributed by atoms with Gasteiger partial charge in [-0.1, -0.05) is 5.92 Å². The minimum Gasteiger partial charge on any atom is -0.481 e. The fourth-order valence-electron chi connectivity index (χ4n) is 4.41. The van der Waals surface area contributed by atoms with Crippen LogP contribution in [0.1, 0.15) is 31.2 Å². The van der Waals surface area contributed by atoms with Gasteiger partial charge in [0.25, 0.3) is 5.91 Å². The molecule has 0 unspecified atom stereocenters. The number of aromatic amines is 1. The van der Waals surface area contributed by atoms with E-state index >= 15 is 0 Å². The first-order valence-electron chi connectivity index (χ1n) is 8.71. The van der Waals surface area contributed by atoms with Crippen LogP contribution in [-0.2, 0) is 9.59 Å². The minimum atomic E-state index is -0.851. The largest absolute Gasteiger partial charge is 0.481 e. The second-order valence-corrected chi connectivity index (χ2v) is 7.04. The number of carbonyl (C=O) groups is 2. The lowest BCUT2D eigenvalue weighted by Gasteiger charge is -2.46. The molecule has 2 bridgehead atoms. The first-order valence-corrected chi connectivity index (χ1v) is 8.71. The molecular weight excluding hydrogens is 337 g/mol. The maximum Gasteiger partial charge on any atom is 0.308 e. The van der Waals surface area contributed by atoms with Gasteiger partial charge in [-0.25, -0.2) is 9.37 Å². The number of hydrogen-bond acceptors (Lipinski definition) is 3. The third kappa shape index (κ3) is 2.92. The molecule has 2 heterocycles. The number of nitrogens with zero attached hydrogens (tertiary/aromatic N) is 1. The van der Waals surface area contributed by atoms with Gasteiger partial charge in [-0.15, -0.1) is 0 Å². The van der Waals surface area contributed by atoms with Crippen molar-refractivity contribution < 1.29 is 19.1 Å². The molecule has 2 aromatic rings. The van der Waals surface area contributed by atoms with Crippen molar-refractivity contribution in [2.45, 2.75) is 31.7 Å². The number of fused-ring (bicyclic) bond motifs is 4. The molecule has 1 amide bonds. The van der Waals surface area contributed by atoms with E-state index in [1.165, 1.54) is 6.07 Å². The van der Waals surface area contributed by atoms with Crippen molar-refractivity contribution >= 4 is 22.9 Å². The summed E-state index contributed by atoms with van der Waals surface area (Å²) in [4.78, 5) is 30.7. The Morgan fingerprint density at radius 3 is 2.73 bits per heavy atom. The quantitative estimate of drug-likeness (QED) is 0.719. The van der Waals surface area contributed by atoms with Crippen LogP contribution >= 0.6 is 0 Å². The highest BCUT2D eigenvalue weighted by molar-refractivity contribution is 5.96. The van der Waals surface area contributed by atoms with Gasteiger partial charge in [0.05, 0.1) is 17.7 Å². The molecule has 7 heteroatoms. The maximum absolute atomic E-state index is 13.3. The molecule has 3 saturated carbocycles. The normalized spacial score (nSPS) is 27.0. The van der Waals surface area contributed by atoms with Gasteiger partial charge in [0.2, 0.25) is 0 Å². The Morgan fingerprint density at radius 2 is 2.00 bits per heavy atom. The zero-order valence-corrected chi connectivity index (χ0v) is 14.0. The summed E-state index contributed by atoms with van der Waals surface area (Å²) in [5.41, 5.74) is 0.966. The molecule has 0 radical (unpaired) electrons. The number of nitrogens with one attached hydrogen (secondary N) is 2. The predicted molar refractivity (Wildman–Crippen MR) is 91.4 cm³/mol. The fraction of sp³-hybridized carbons (Fsp3) is 0.421. The summed E-state index contributed by atoms with van der Waals surface area (Å²) in [6, 6.07) is 0.935. The number of aliphatic carboxylic acids is 1. The Morgan fingerprint density at radius 1 is 1.27 bits per heavy atom. The van der Waals surface area contributed by atoms with E-state index in [9.17, 15) is 19.1 Å². The number of halogens is 1. The number of amides is 1. The number of aromatic nitrogens is 2. The van der Waals surface area contributed by atoms with Crippen LogP contribution in [0.2, 0.25) is 0 Å². The highest BCUT2D eigenvalue weighted by atomic mass is 19.1. The molecule has 3 aliphatic carbocycles. The van der Waals surface area contributed by atoms with Crippen molar-refractivity contribution in [3.63, 3.8) is 0 Å². The second kappa shape index (κ2) is 6.45. The minimum absolute atomic E-state index is 0.124. The predicted octanol–water partition coefficient (Wildman–Crippen LogP) is 2.06. The van der Waals surface area contributed by atoms with E-state index in [1.54, 1.807) is 6.20 Å². The highest BCUT2D eigenvalue weighted by Crippen LogP contribution is 2.45. The standard InChI is InChI=1S/C19H18FN3O3/c20-13-7-14-12(8-21-18(14)22-9-13)5-6-15(24)23-17-11-3-1-10(2-4-11)16(17)19(25)26/h7-11,16-17H,1-4H2,(H,21,22)(H,23,24)(H,25,26)/t10?,11?,16-,17-/m0/s1. The average Bonchev–Trinajstić information content (AvgIpc) is 3.02. The van der Waals surface area contributed by atoms with Crippen LogP contribution in [-0.4, -0.2) is 33.0 Å². The number of carboxylic acids is 1. The number of pyridine rings is 1. The van der Waals surface area contributed by atoms with E-state index in [4.69, 9.17) is 0 Å². The van der Waals surface area contributed by atoms with Crippen LogP contribution in [0, 0.1) is 35.4 Å². The topological polar surface area (TPSA) is 95.1 Å². The Balaban J connectivity index is 1.53. The Bertz CT molecular complexity index is 934. The van der Waals surface area contributed by atoms with Gasteiger partial charge in [0, 0.05) is 23.5 Å². The highest BCUT2D eigenvalue weighted by Gasteiger charge is 2.47. The number of carboxylic acid groups (broad SMARTS) is 1. The second-order valence-electron chi connectivity index (χ2n) is 7.04. The van der Waals surface area contributed by atoms with Crippen LogP contribution < -0.4 is 5.32 Å². The first-order chi connectivity index (χ1) is 12.5. The van der Waals surface area contributed by atoms with E-state index in [2.05, 4.69) is 27.1 Å². The molecule has 5 rings (SSSR count). The van der Waals surface area contributed by atoms with Crippen molar-refractivity contribution in [3.05, 3.63) is 29.8 Å². The lowest BCUT2D eigenvalue weighted by molar-refractivity contribution is -0.150. The van der Waals surface area contributed by atoms with Crippen LogP contribution in [0.3, 0.4) is 0 Å². The summed E-state index contributed by atoms with van der Waals surface area (Å²) in [5.74, 6) is 3.16. The molecule has 3 aliphatic rings. The van der Waals surface area contributed by atoms with Gasteiger partial charge in [0.15, 0.2) is 0 Å². The van der Waals surface area contributed by atoms with Crippen molar-refractivity contribution in [1.82, 2.24) is 15.3 Å². The van der Waals surface area contributed by atoms with E-state index < -0.39 is 23.6 Å². The third-order valence-corrected chi connectivity index (χ3v) is 5.61. The summed E-state index contributed by atoms with van der Waals surface area (Å²) in [7, 11) is 0. The molecule has 3 N–H and O–H groups in total. The molecule has 0 spiro atoms. The van der Waals surface area contributed by atoms with E-state index in [-0.39, 0.29) is 17.9 Å². The van der Waals surface area contributed by atoms with Gasteiger partial charge in [-0.05, 0) is 43.6 Å². The Kier molecular flexibility index (Phi) is 4.11. The lowest BCUT2D eigenvalue weighted by Crippen LogP contribution is -2.55. The summed E-state index contributed by atoms with van der Waals surface area (Å²) in [6.45, 7) is 0. The van der Waals surface area contributed by atoms with Crippen molar-refractivity contribution in [1.29, 1.82) is 0 Å². The molecule has 0 saturated heterocycles. The van der Waals surface area contributed by atoms with Crippen molar-refractivity contribution in [3.8, 4) is 11.8 Å². The monoisotopic (exact) mass is 355 g/mol. The first kappa shape index (κ1) is 16.6. The summed E-state index contributed by atoms with van der Waals surface area (Å²) < 4.78 is 13.3. The van der Waals surface area contributed by atoms with Crippen LogP contribution in [0.4, 0.5) is 4.39 Å². The van der Waals surface area contributed by atoms with Crippen LogP contribution in [0.25, 0.3) is 11.0 Å². The lowest BCUT2D eigenvalue weighted by atomic mass is 9.61. The van der Waals surface area contributed by atoms with E-state index in [0.29, 0.717) is 16.6 Å². The SMILES string of the molecule is O=C(C#Cc1c[nH]c2ncc(F)cc12)N[C@H]1C2CCC(CC2)[C@@H]1C(=O)O. The third-order valence-electron chi connectivity index (χ3n) is 5.61. The Hall–Kier alpha value is -2.88. The van der Waals surface area contributed by atoms with Gasteiger partial charge < -0.3 is 15.4 Å². The summed E-state index contributed by atoms with van der Waals surface area (Å²) in [6.07, 6.45) is 6.38. The van der Waals surface area contributed by atoms with Gasteiger partial charge in [-0.2, -0.15) is 0 Å². The van der Waals surface area contributed by atoms with Crippen molar-refractivity contribution in [2.24, 2.45) is 17.8 Å².